The topological polar surface area (TPSA) is 275 Å². The number of benzene rings is 1. The number of methoxy groups -OCH3 is 1. The monoisotopic (exact) mass is 1050 g/mol. The van der Waals surface area contributed by atoms with Gasteiger partial charge in [-0.3, -0.25) is 29.0 Å². The number of ketones is 1. The van der Waals surface area contributed by atoms with Crippen molar-refractivity contribution in [3.8, 4) is 0 Å². The van der Waals surface area contributed by atoms with Crippen LogP contribution < -0.4 is 27.0 Å². The molecule has 21 nitrogen and oxygen atoms in total. The zero-order valence-electron chi connectivity index (χ0n) is 42.9. The lowest BCUT2D eigenvalue weighted by molar-refractivity contribution is -0.330. The van der Waals surface area contributed by atoms with Crippen molar-refractivity contribution in [2.45, 2.75) is 206 Å². The van der Waals surface area contributed by atoms with Crippen molar-refractivity contribution in [3.63, 3.8) is 0 Å². The lowest BCUT2D eigenvalue weighted by Gasteiger charge is -2.54. The summed E-state index contributed by atoms with van der Waals surface area (Å²) in [5, 5.41) is 21.8. The number of aliphatic hydroxyl groups is 1. The molecular formula is C54H74N6O15. The average molecular weight is 1050 g/mol. The molecule has 9 fully saturated rings. The minimum atomic E-state index is -1.35. The van der Waals surface area contributed by atoms with Gasteiger partial charge in [0.1, 0.15) is 42.3 Å². The minimum absolute atomic E-state index is 0.0113. The highest BCUT2D eigenvalue weighted by molar-refractivity contribution is 5.93. The van der Waals surface area contributed by atoms with E-state index in [1.165, 1.54) is 0 Å². The number of hydrogen-bond acceptors (Lipinski definition) is 17. The van der Waals surface area contributed by atoms with Gasteiger partial charge in [0.05, 0.1) is 80.7 Å². The Morgan fingerprint density at radius 3 is 2.44 bits per heavy atom. The first-order valence-corrected chi connectivity index (χ1v) is 27.3. The zero-order chi connectivity index (χ0) is 52.2. The van der Waals surface area contributed by atoms with Crippen LogP contribution in [0.2, 0.25) is 0 Å². The van der Waals surface area contributed by atoms with Crippen LogP contribution >= 0.6 is 0 Å². The van der Waals surface area contributed by atoms with E-state index < -0.39 is 109 Å². The van der Waals surface area contributed by atoms with Crippen LogP contribution in [0.3, 0.4) is 0 Å². The van der Waals surface area contributed by atoms with Gasteiger partial charge in [0, 0.05) is 70.2 Å². The summed E-state index contributed by atoms with van der Waals surface area (Å²) in [7, 11) is 1.58. The number of fused-ring (bicyclic) bond motifs is 5. The van der Waals surface area contributed by atoms with Crippen molar-refractivity contribution >= 4 is 35.1 Å². The molecule has 0 aliphatic carbocycles. The number of rotatable bonds is 14. The first-order valence-electron chi connectivity index (χ1n) is 27.3. The van der Waals surface area contributed by atoms with Gasteiger partial charge in [-0.15, -0.1) is 0 Å². The Labute approximate surface area is 436 Å². The minimum Gasteiger partial charge on any atom is -0.391 e. The van der Waals surface area contributed by atoms with E-state index in [-0.39, 0.29) is 93.6 Å². The summed E-state index contributed by atoms with van der Waals surface area (Å²) >= 11 is 0. The fourth-order valence-electron chi connectivity index (χ4n) is 13.9. The predicted octanol–water partition coefficient (Wildman–Crippen LogP) is 0.740. The van der Waals surface area contributed by atoms with Gasteiger partial charge in [-0.2, -0.15) is 0 Å². The number of carbonyl (C=O) groups is 5. The number of hydrogen-bond donors (Lipinski definition) is 6. The zero-order valence-corrected chi connectivity index (χ0v) is 42.9. The molecule has 13 bridgehead atoms. The summed E-state index contributed by atoms with van der Waals surface area (Å²) in [6, 6.07) is 7.97. The second-order valence-corrected chi connectivity index (χ2v) is 22.6. The van der Waals surface area contributed by atoms with Crippen LogP contribution in [-0.4, -0.2) is 183 Å². The molecule has 21 heteroatoms. The summed E-state index contributed by atoms with van der Waals surface area (Å²) in [6.07, 6.45) is 0.228. The van der Waals surface area contributed by atoms with Crippen LogP contribution in [0, 0.1) is 11.8 Å². The van der Waals surface area contributed by atoms with E-state index in [1.807, 2.05) is 6.07 Å². The van der Waals surface area contributed by atoms with E-state index in [0.29, 0.717) is 38.5 Å². The third-order valence-corrected chi connectivity index (χ3v) is 17.4. The summed E-state index contributed by atoms with van der Waals surface area (Å²) in [6.45, 7) is 5.35. The van der Waals surface area contributed by atoms with E-state index >= 15 is 0 Å². The highest BCUT2D eigenvalue weighted by Gasteiger charge is 2.73. The van der Waals surface area contributed by atoms with Gasteiger partial charge in [0.15, 0.2) is 5.79 Å². The van der Waals surface area contributed by atoms with Crippen LogP contribution in [0.15, 0.2) is 47.5 Å². The highest BCUT2D eigenvalue weighted by atomic mass is 16.8. The number of carbonyl (C=O) groups excluding carboxylic acids is 5. The molecule has 1 aromatic rings. The summed E-state index contributed by atoms with van der Waals surface area (Å²) < 4.78 is 62.4. The molecule has 7 N–H and O–H groups in total. The molecule has 0 radical (unpaired) electrons. The fourth-order valence-corrected chi connectivity index (χ4v) is 13.9. The van der Waals surface area contributed by atoms with Crippen molar-refractivity contribution in [1.82, 2.24) is 21.3 Å². The molecular weight excluding hydrogens is 973 g/mol. The molecule has 9 saturated heterocycles. The Bertz CT molecular complexity index is 2360. The average Bonchev–Trinajstić information content (AvgIpc) is 4.13. The molecule has 75 heavy (non-hydrogen) atoms. The van der Waals surface area contributed by atoms with Crippen molar-refractivity contribution in [2.24, 2.45) is 22.6 Å². The number of ether oxygens (including phenoxy) is 9. The van der Waals surface area contributed by atoms with Crippen LogP contribution in [0.1, 0.15) is 96.0 Å². The molecule has 0 saturated carbocycles. The molecule has 13 rings (SSSR count). The summed E-state index contributed by atoms with van der Waals surface area (Å²) in [5.74, 6) is -3.74. The van der Waals surface area contributed by atoms with Crippen molar-refractivity contribution in [1.29, 1.82) is 0 Å². The summed E-state index contributed by atoms with van der Waals surface area (Å²) in [5.41, 5.74) is 6.66. The Balaban J connectivity index is 0.805. The number of Topliss-reactive ketones (excluding diaryl/α,β-unsaturated/α-hetero) is 1. The third-order valence-electron chi connectivity index (χ3n) is 17.4. The molecule has 3 unspecified atom stereocenters. The van der Waals surface area contributed by atoms with Gasteiger partial charge in [0.25, 0.3) is 0 Å². The second kappa shape index (κ2) is 21.9. The Morgan fingerprint density at radius 1 is 0.827 bits per heavy atom. The van der Waals surface area contributed by atoms with Crippen LogP contribution in [0.25, 0.3) is 0 Å². The number of amides is 4. The quantitative estimate of drug-likeness (QED) is 0.140. The van der Waals surface area contributed by atoms with E-state index in [9.17, 15) is 29.1 Å². The Morgan fingerprint density at radius 2 is 1.63 bits per heavy atom. The van der Waals surface area contributed by atoms with Gasteiger partial charge in [-0.1, -0.05) is 43.8 Å². The normalized spacial score (nSPS) is 41.9. The number of nitrogens with zero attached hydrogens (tertiary/aromatic N) is 1. The van der Waals surface area contributed by atoms with E-state index in [4.69, 9.17) is 53.4 Å². The van der Waals surface area contributed by atoms with Crippen LogP contribution in [-0.2, 0) is 73.0 Å². The van der Waals surface area contributed by atoms with E-state index in [2.05, 4.69) is 34.8 Å². The van der Waals surface area contributed by atoms with Crippen LogP contribution in [0.5, 0.6) is 0 Å². The molecule has 410 valence electrons. The Hall–Kier alpha value is -4.26. The highest BCUT2D eigenvalue weighted by Crippen LogP contribution is 2.58. The van der Waals surface area contributed by atoms with Crippen molar-refractivity contribution < 1.29 is 71.7 Å². The van der Waals surface area contributed by atoms with E-state index in [1.54, 1.807) is 31.4 Å². The first kappa shape index (κ1) is 52.8. The lowest BCUT2D eigenvalue weighted by Crippen LogP contribution is -2.70. The number of aliphatic hydroxyl groups excluding tert-OH is 1. The SMILES string of the molecule is C=C1C[C@@H]2CC[C@@]34C[C@H]5OC6C(O[C@H]7CC[C@@H]8CC(=O)C[C@@H]9[C@@H](OC)[C@@H](C[C@H](O)CNC(=O)CNC(=O)[C@H](Cc%10ccccc%10)NC(=O)CNC(=O)CN)O[C@H]9C[C@H]9O[C@@H](CCC1O2)C[C@@H](C)/C9=N/[C@@]7(O8)[C@@H]6O3)[C@H]5O4. The lowest BCUT2D eigenvalue weighted by atomic mass is 9.79. The maximum atomic E-state index is 14.5. The second-order valence-electron chi connectivity index (χ2n) is 22.6. The Kier molecular flexibility index (Phi) is 15.4. The standard InChI is InChI=1S/C54H74N6O15/c1-27-15-33-13-14-53-22-41-48(74-53)49-50(71-41)51(75-53)54-42(72-49)12-10-34(73-54)18-30(61)19-35-38(21-39-46(60-54)28(2)16-32(69-39)9-11-37(27)68-33)70-40(47(35)67-3)20-31(62)24-56-44(64)25-58-52(66)36(17-29-7-5-4-6-8-29)59-45(65)26-57-43(63)23-55/h4-8,28,31-42,47-51,62H,1,9-26,55H2,2-3H3,(H,56,64)(H,57,63)(H,58,66)(H,59,65)/b60-46-/t28-,31+,32+,33+,34-,35+,36+,37?,38+,39-,40-,41-,42+,47-,48+,49?,50?,51-,53+,54+/m1/s1. The molecule has 20 atom stereocenters. The molecule has 12 aliphatic heterocycles. The first-order chi connectivity index (χ1) is 36.2. The molecule has 12 aliphatic rings. The van der Waals surface area contributed by atoms with Crippen LogP contribution in [0.4, 0.5) is 0 Å². The predicted molar refractivity (Wildman–Crippen MR) is 265 cm³/mol. The smallest absolute Gasteiger partial charge is 0.243 e. The van der Waals surface area contributed by atoms with Gasteiger partial charge < -0.3 is 74.7 Å². The number of aliphatic imine (C=N–C) groups is 1. The van der Waals surface area contributed by atoms with Crippen molar-refractivity contribution in [2.75, 3.05) is 33.3 Å². The number of nitrogens with one attached hydrogen (secondary N) is 4. The van der Waals surface area contributed by atoms with Gasteiger partial charge >= 0.3 is 0 Å². The van der Waals surface area contributed by atoms with Crippen molar-refractivity contribution in [3.05, 3.63) is 48.0 Å². The number of nitrogens with two attached hydrogens (primary N) is 1. The van der Waals surface area contributed by atoms with Gasteiger partial charge in [-0.05, 0) is 62.0 Å². The maximum absolute atomic E-state index is 14.5. The van der Waals surface area contributed by atoms with Gasteiger partial charge in [-0.25, -0.2) is 0 Å². The molecule has 12 heterocycles. The maximum Gasteiger partial charge on any atom is 0.243 e. The molecule has 4 amide bonds. The molecule has 1 aromatic carbocycles. The fraction of sp³-hybridized carbons (Fsp3) is 0.741. The summed E-state index contributed by atoms with van der Waals surface area (Å²) in [4.78, 5) is 71.1. The third kappa shape index (κ3) is 10.8. The molecule has 0 aromatic heterocycles. The van der Waals surface area contributed by atoms with Gasteiger partial charge in [0.2, 0.25) is 29.4 Å². The molecule has 2 spiro atoms. The van der Waals surface area contributed by atoms with E-state index in [0.717, 1.165) is 42.5 Å². The largest absolute Gasteiger partial charge is 0.391 e.